The maximum absolute atomic E-state index is 13.6. The molecule has 0 aliphatic carbocycles. The molecule has 0 aliphatic heterocycles. The highest BCUT2D eigenvalue weighted by atomic mass is 19.1. The van der Waals surface area contributed by atoms with E-state index in [0.29, 0.717) is 5.56 Å². The van der Waals surface area contributed by atoms with Gasteiger partial charge in [-0.05, 0) is 65.0 Å². The predicted octanol–water partition coefficient (Wildman–Crippen LogP) is 5.04. The van der Waals surface area contributed by atoms with Crippen LogP contribution in [0.2, 0.25) is 0 Å². The van der Waals surface area contributed by atoms with Crippen molar-refractivity contribution in [2.24, 2.45) is 0 Å². The number of amides is 2. The van der Waals surface area contributed by atoms with Gasteiger partial charge in [0.05, 0.1) is 11.4 Å². The zero-order valence-corrected chi connectivity index (χ0v) is 15.6. The Kier molecular flexibility index (Phi) is 5.65. The molecule has 0 fully saturated rings. The minimum Gasteiger partial charge on any atom is -0.444 e. The average molecular weight is 358 g/mol. The Balaban J connectivity index is 2.24. The normalized spacial score (nSPS) is 11.0. The van der Waals surface area contributed by atoms with Crippen LogP contribution in [0.3, 0.4) is 0 Å². The van der Waals surface area contributed by atoms with Gasteiger partial charge in [0, 0.05) is 5.56 Å². The first-order valence-corrected chi connectivity index (χ1v) is 8.23. The summed E-state index contributed by atoms with van der Waals surface area (Å²) in [4.78, 5) is 24.5. The summed E-state index contributed by atoms with van der Waals surface area (Å²) in [7, 11) is 0. The van der Waals surface area contributed by atoms with Gasteiger partial charge in [0.15, 0.2) is 0 Å². The first-order chi connectivity index (χ1) is 12.0. The van der Waals surface area contributed by atoms with Crippen molar-refractivity contribution >= 4 is 23.4 Å². The van der Waals surface area contributed by atoms with E-state index in [1.807, 2.05) is 19.9 Å². The highest BCUT2D eigenvalue weighted by Crippen LogP contribution is 2.24. The second-order valence-electron chi connectivity index (χ2n) is 7.15. The van der Waals surface area contributed by atoms with Gasteiger partial charge in [-0.15, -0.1) is 0 Å². The molecule has 0 atom stereocenters. The lowest BCUT2D eigenvalue weighted by Gasteiger charge is -2.20. The van der Waals surface area contributed by atoms with Gasteiger partial charge in [0.25, 0.3) is 5.91 Å². The number of benzene rings is 2. The molecule has 2 aromatic rings. The molecule has 0 unspecified atom stereocenters. The molecule has 138 valence electrons. The van der Waals surface area contributed by atoms with Crippen molar-refractivity contribution in [1.29, 1.82) is 0 Å². The Morgan fingerprint density at radius 1 is 0.923 bits per heavy atom. The molecule has 0 saturated heterocycles. The maximum atomic E-state index is 13.6. The number of hydrogen-bond acceptors (Lipinski definition) is 3. The van der Waals surface area contributed by atoms with Gasteiger partial charge in [-0.2, -0.15) is 0 Å². The monoisotopic (exact) mass is 358 g/mol. The fourth-order valence-electron chi connectivity index (χ4n) is 2.44. The molecule has 2 N–H and O–H groups in total. The molecule has 6 heteroatoms. The molecule has 26 heavy (non-hydrogen) atoms. The molecule has 5 nitrogen and oxygen atoms in total. The van der Waals surface area contributed by atoms with Crippen LogP contribution in [0.1, 0.15) is 42.3 Å². The fraction of sp³-hybridized carbons (Fsp3) is 0.300. The van der Waals surface area contributed by atoms with E-state index in [2.05, 4.69) is 10.6 Å². The molecule has 2 amide bonds. The van der Waals surface area contributed by atoms with E-state index in [-0.39, 0.29) is 11.4 Å². The number of rotatable bonds is 3. The second-order valence-corrected chi connectivity index (χ2v) is 7.15. The van der Waals surface area contributed by atoms with E-state index in [1.165, 1.54) is 12.1 Å². The number of carbonyl (C=O) groups is 2. The van der Waals surface area contributed by atoms with Gasteiger partial charge in [-0.3, -0.25) is 10.1 Å². The molecule has 0 aromatic heterocycles. The summed E-state index contributed by atoms with van der Waals surface area (Å²) in [5.41, 5.74) is 2.07. The average Bonchev–Trinajstić information content (AvgIpc) is 2.47. The Bertz CT molecular complexity index is 821. The Morgan fingerprint density at radius 2 is 1.54 bits per heavy atom. The lowest BCUT2D eigenvalue weighted by Crippen LogP contribution is -2.27. The lowest BCUT2D eigenvalue weighted by atomic mass is 10.1. The summed E-state index contributed by atoms with van der Waals surface area (Å²) in [6.45, 7) is 8.99. The predicted molar refractivity (Wildman–Crippen MR) is 100 cm³/mol. The number of carbonyl (C=O) groups excluding carboxylic acids is 2. The number of halogens is 1. The topological polar surface area (TPSA) is 67.4 Å². The minimum atomic E-state index is -0.689. The van der Waals surface area contributed by atoms with Crippen molar-refractivity contribution in [3.05, 3.63) is 58.9 Å². The van der Waals surface area contributed by atoms with Gasteiger partial charge in [-0.25, -0.2) is 9.18 Å². The van der Waals surface area contributed by atoms with Crippen molar-refractivity contribution in [3.63, 3.8) is 0 Å². The van der Waals surface area contributed by atoms with Gasteiger partial charge < -0.3 is 10.1 Å². The Morgan fingerprint density at radius 3 is 2.12 bits per heavy atom. The molecular formula is C20H23FN2O3. The zero-order chi connectivity index (χ0) is 19.5. The maximum Gasteiger partial charge on any atom is 0.412 e. The molecule has 0 spiro atoms. The third-order valence-electron chi connectivity index (χ3n) is 3.35. The van der Waals surface area contributed by atoms with Crippen LogP contribution in [0.4, 0.5) is 20.6 Å². The van der Waals surface area contributed by atoms with Crippen LogP contribution in [0.25, 0.3) is 0 Å². The highest BCUT2D eigenvalue weighted by molar-refractivity contribution is 6.07. The fourth-order valence-corrected chi connectivity index (χ4v) is 2.44. The number of hydrogen-bond donors (Lipinski definition) is 2. The van der Waals surface area contributed by atoms with Crippen LogP contribution < -0.4 is 10.6 Å². The van der Waals surface area contributed by atoms with E-state index < -0.39 is 23.4 Å². The third kappa shape index (κ3) is 5.58. The summed E-state index contributed by atoms with van der Waals surface area (Å²) in [6.07, 6.45) is -0.689. The van der Waals surface area contributed by atoms with Crippen LogP contribution in [0.15, 0.2) is 36.4 Å². The van der Waals surface area contributed by atoms with Crippen molar-refractivity contribution in [2.75, 3.05) is 10.6 Å². The van der Waals surface area contributed by atoms with Gasteiger partial charge in [0.1, 0.15) is 11.4 Å². The molecule has 0 radical (unpaired) electrons. The van der Waals surface area contributed by atoms with Crippen molar-refractivity contribution in [1.82, 2.24) is 0 Å². The number of aryl methyl sites for hydroxylation is 2. The Labute approximate surface area is 152 Å². The first kappa shape index (κ1) is 19.4. The lowest BCUT2D eigenvalue weighted by molar-refractivity contribution is 0.0635. The number of anilines is 2. The second kappa shape index (κ2) is 7.56. The van der Waals surface area contributed by atoms with Crippen LogP contribution in [0.5, 0.6) is 0 Å². The summed E-state index contributed by atoms with van der Waals surface area (Å²) < 4.78 is 18.8. The standard InChI is InChI=1S/C20H23FN2O3/c1-12-8-13(2)10-14(9-12)18(24)22-17-11-15(21)6-7-16(17)23-19(25)26-20(3,4)5/h6-11H,1-5H3,(H,22,24)(H,23,25). The molecule has 0 heterocycles. The molecule has 0 bridgehead atoms. The highest BCUT2D eigenvalue weighted by Gasteiger charge is 2.18. The summed E-state index contributed by atoms with van der Waals surface area (Å²) in [6, 6.07) is 9.14. The van der Waals surface area contributed by atoms with Crippen molar-refractivity contribution < 1.29 is 18.7 Å². The van der Waals surface area contributed by atoms with E-state index >= 15 is 0 Å². The van der Waals surface area contributed by atoms with E-state index in [9.17, 15) is 14.0 Å². The van der Waals surface area contributed by atoms with Crippen LogP contribution in [-0.2, 0) is 4.74 Å². The van der Waals surface area contributed by atoms with Crippen LogP contribution in [0, 0.1) is 19.7 Å². The van der Waals surface area contributed by atoms with Gasteiger partial charge in [-0.1, -0.05) is 17.2 Å². The molecular weight excluding hydrogens is 335 g/mol. The summed E-state index contributed by atoms with van der Waals surface area (Å²) in [5, 5.41) is 5.17. The van der Waals surface area contributed by atoms with Crippen molar-refractivity contribution in [2.45, 2.75) is 40.2 Å². The molecule has 0 saturated carbocycles. The third-order valence-corrected chi connectivity index (χ3v) is 3.35. The quantitative estimate of drug-likeness (QED) is 0.807. The van der Waals surface area contributed by atoms with E-state index in [0.717, 1.165) is 17.2 Å². The first-order valence-electron chi connectivity index (χ1n) is 8.23. The summed E-state index contributed by atoms with van der Waals surface area (Å²) >= 11 is 0. The SMILES string of the molecule is Cc1cc(C)cc(C(=O)Nc2cc(F)ccc2NC(=O)OC(C)(C)C)c1. The van der Waals surface area contributed by atoms with Gasteiger partial charge >= 0.3 is 6.09 Å². The zero-order valence-electron chi connectivity index (χ0n) is 15.6. The molecule has 2 rings (SSSR count). The molecule has 0 aliphatic rings. The molecule has 2 aromatic carbocycles. The smallest absolute Gasteiger partial charge is 0.412 e. The van der Waals surface area contributed by atoms with E-state index in [1.54, 1.807) is 32.9 Å². The minimum absolute atomic E-state index is 0.153. The number of ether oxygens (including phenoxy) is 1. The number of nitrogens with one attached hydrogen (secondary N) is 2. The van der Waals surface area contributed by atoms with Crippen LogP contribution in [-0.4, -0.2) is 17.6 Å². The van der Waals surface area contributed by atoms with Crippen molar-refractivity contribution in [3.8, 4) is 0 Å². The van der Waals surface area contributed by atoms with Gasteiger partial charge in [0.2, 0.25) is 0 Å². The summed E-state index contributed by atoms with van der Waals surface area (Å²) in [5.74, 6) is -0.926. The Hall–Kier alpha value is -2.89. The van der Waals surface area contributed by atoms with E-state index in [4.69, 9.17) is 4.74 Å². The van der Waals surface area contributed by atoms with Crippen LogP contribution >= 0.6 is 0 Å². The largest absolute Gasteiger partial charge is 0.444 e.